The van der Waals surface area contributed by atoms with Crippen molar-refractivity contribution in [2.24, 2.45) is 12.8 Å². The highest BCUT2D eigenvalue weighted by Gasteiger charge is 2.12. The van der Waals surface area contributed by atoms with Crippen LogP contribution in [0.2, 0.25) is 0 Å². The molecule has 0 saturated heterocycles. The average Bonchev–Trinajstić information content (AvgIpc) is 2.78. The molecule has 0 unspecified atom stereocenters. The van der Waals surface area contributed by atoms with Crippen LogP contribution in [0, 0.1) is 0 Å². The van der Waals surface area contributed by atoms with Gasteiger partial charge in [-0.05, 0) is 18.2 Å². The van der Waals surface area contributed by atoms with E-state index in [1.807, 2.05) is 29.8 Å². The summed E-state index contributed by atoms with van der Waals surface area (Å²) < 4.78 is 12.4. The van der Waals surface area contributed by atoms with Gasteiger partial charge in [0.15, 0.2) is 11.5 Å². The number of aryl methyl sites for hydroxylation is 1. The second-order valence-electron chi connectivity index (χ2n) is 3.92. The van der Waals surface area contributed by atoms with Crippen molar-refractivity contribution in [3.63, 3.8) is 0 Å². The van der Waals surface area contributed by atoms with Crippen LogP contribution in [0.25, 0.3) is 11.3 Å². The van der Waals surface area contributed by atoms with Gasteiger partial charge in [0.2, 0.25) is 0 Å². The van der Waals surface area contributed by atoms with E-state index in [1.165, 1.54) is 0 Å². The van der Waals surface area contributed by atoms with Crippen molar-refractivity contribution in [1.29, 1.82) is 0 Å². The Morgan fingerprint density at radius 1 is 1.22 bits per heavy atom. The summed E-state index contributed by atoms with van der Waals surface area (Å²) in [4.78, 5) is 4.37. The summed E-state index contributed by atoms with van der Waals surface area (Å²) >= 11 is 0. The van der Waals surface area contributed by atoms with Crippen LogP contribution in [0.3, 0.4) is 0 Å². The van der Waals surface area contributed by atoms with Gasteiger partial charge in [-0.15, -0.1) is 0 Å². The lowest BCUT2D eigenvalue weighted by Crippen LogP contribution is -2.04. The molecule has 0 bridgehead atoms. The number of nitrogens with two attached hydrogens (primary N) is 1. The maximum atomic E-state index is 5.74. The van der Waals surface area contributed by atoms with Gasteiger partial charge >= 0.3 is 0 Å². The van der Waals surface area contributed by atoms with E-state index < -0.39 is 0 Å². The molecule has 1 aromatic carbocycles. The second kappa shape index (κ2) is 5.10. The second-order valence-corrected chi connectivity index (χ2v) is 3.92. The van der Waals surface area contributed by atoms with E-state index in [1.54, 1.807) is 20.5 Å². The summed E-state index contributed by atoms with van der Waals surface area (Å²) in [5, 5.41) is 0. The lowest BCUT2D eigenvalue weighted by molar-refractivity contribution is 0.355. The molecule has 0 amide bonds. The van der Waals surface area contributed by atoms with E-state index in [4.69, 9.17) is 15.2 Å². The molecule has 0 atom stereocenters. The summed E-state index contributed by atoms with van der Waals surface area (Å²) in [6.07, 6.45) is 1.76. The van der Waals surface area contributed by atoms with Gasteiger partial charge in [0.1, 0.15) is 0 Å². The first-order valence-corrected chi connectivity index (χ1v) is 5.64. The molecule has 0 aliphatic rings. The number of hydrogen-bond donors (Lipinski definition) is 1. The predicted molar refractivity (Wildman–Crippen MR) is 69.6 cm³/mol. The smallest absolute Gasteiger partial charge is 0.161 e. The molecule has 0 spiro atoms. The van der Waals surface area contributed by atoms with Crippen LogP contribution in [-0.4, -0.2) is 23.8 Å². The van der Waals surface area contributed by atoms with Gasteiger partial charge in [0.05, 0.1) is 31.9 Å². The Morgan fingerprint density at radius 3 is 2.56 bits per heavy atom. The molecule has 2 rings (SSSR count). The zero-order chi connectivity index (χ0) is 13.1. The zero-order valence-electron chi connectivity index (χ0n) is 10.8. The highest BCUT2D eigenvalue weighted by molar-refractivity contribution is 5.66. The van der Waals surface area contributed by atoms with Crippen molar-refractivity contribution in [3.8, 4) is 22.8 Å². The third kappa shape index (κ3) is 2.04. The SMILES string of the molecule is COc1ccc(-c2ncn(C)c2CN)cc1OC. The number of nitrogens with zero attached hydrogens (tertiary/aromatic N) is 2. The van der Waals surface area contributed by atoms with E-state index in [9.17, 15) is 0 Å². The van der Waals surface area contributed by atoms with Gasteiger partial charge in [0.25, 0.3) is 0 Å². The number of hydrogen-bond acceptors (Lipinski definition) is 4. The fourth-order valence-electron chi connectivity index (χ4n) is 1.92. The van der Waals surface area contributed by atoms with Crippen LogP contribution in [0.4, 0.5) is 0 Å². The Labute approximate surface area is 106 Å². The summed E-state index contributed by atoms with van der Waals surface area (Å²) in [6.45, 7) is 0.445. The number of benzene rings is 1. The van der Waals surface area contributed by atoms with Crippen LogP contribution < -0.4 is 15.2 Å². The van der Waals surface area contributed by atoms with Crippen molar-refractivity contribution >= 4 is 0 Å². The molecule has 1 heterocycles. The molecule has 0 saturated carbocycles. The molecule has 0 radical (unpaired) electrons. The lowest BCUT2D eigenvalue weighted by atomic mass is 10.1. The van der Waals surface area contributed by atoms with Crippen molar-refractivity contribution in [3.05, 3.63) is 30.2 Å². The molecular formula is C13H17N3O2. The van der Waals surface area contributed by atoms with Crippen molar-refractivity contribution < 1.29 is 9.47 Å². The number of aromatic nitrogens is 2. The van der Waals surface area contributed by atoms with Gasteiger partial charge < -0.3 is 19.8 Å². The Hall–Kier alpha value is -2.01. The monoisotopic (exact) mass is 247 g/mol. The molecular weight excluding hydrogens is 230 g/mol. The third-order valence-electron chi connectivity index (χ3n) is 2.91. The minimum absolute atomic E-state index is 0.445. The van der Waals surface area contributed by atoms with E-state index in [0.717, 1.165) is 17.0 Å². The van der Waals surface area contributed by atoms with Crippen LogP contribution in [0.5, 0.6) is 11.5 Å². The molecule has 18 heavy (non-hydrogen) atoms. The number of imidazole rings is 1. The van der Waals surface area contributed by atoms with Crippen molar-refractivity contribution in [2.45, 2.75) is 6.54 Å². The molecule has 5 heteroatoms. The molecule has 0 aliphatic heterocycles. The molecule has 0 fully saturated rings. The fourth-order valence-corrected chi connectivity index (χ4v) is 1.92. The van der Waals surface area contributed by atoms with Crippen molar-refractivity contribution in [2.75, 3.05) is 14.2 Å². The molecule has 5 nitrogen and oxygen atoms in total. The van der Waals surface area contributed by atoms with Gasteiger partial charge in [-0.2, -0.15) is 0 Å². The van der Waals surface area contributed by atoms with Crippen LogP contribution in [0.1, 0.15) is 5.69 Å². The van der Waals surface area contributed by atoms with Crippen LogP contribution >= 0.6 is 0 Å². The topological polar surface area (TPSA) is 62.3 Å². The lowest BCUT2D eigenvalue weighted by Gasteiger charge is -2.09. The quantitative estimate of drug-likeness (QED) is 0.890. The maximum absolute atomic E-state index is 5.74. The minimum atomic E-state index is 0.445. The largest absolute Gasteiger partial charge is 0.493 e. The summed E-state index contributed by atoms with van der Waals surface area (Å²) in [5.41, 5.74) is 8.57. The van der Waals surface area contributed by atoms with Gasteiger partial charge in [0, 0.05) is 19.2 Å². The first kappa shape index (κ1) is 12.4. The predicted octanol–water partition coefficient (Wildman–Crippen LogP) is 1.56. The fraction of sp³-hybridized carbons (Fsp3) is 0.308. The highest BCUT2D eigenvalue weighted by atomic mass is 16.5. The highest BCUT2D eigenvalue weighted by Crippen LogP contribution is 2.32. The Morgan fingerprint density at radius 2 is 1.94 bits per heavy atom. The van der Waals surface area contributed by atoms with Gasteiger partial charge in [-0.3, -0.25) is 0 Å². The Kier molecular flexibility index (Phi) is 3.53. The Balaban J connectivity index is 2.50. The Bertz CT molecular complexity index is 549. The van der Waals surface area contributed by atoms with E-state index in [0.29, 0.717) is 18.0 Å². The normalized spacial score (nSPS) is 10.4. The van der Waals surface area contributed by atoms with Crippen LogP contribution in [0.15, 0.2) is 24.5 Å². The summed E-state index contributed by atoms with van der Waals surface area (Å²) in [6, 6.07) is 5.71. The third-order valence-corrected chi connectivity index (χ3v) is 2.91. The standard InChI is InChI=1S/C13H17N3O2/c1-16-8-15-13(10(16)7-14)9-4-5-11(17-2)12(6-9)18-3/h4-6,8H,7,14H2,1-3H3. The van der Waals surface area contributed by atoms with E-state index in [2.05, 4.69) is 4.98 Å². The molecule has 96 valence electrons. The van der Waals surface area contributed by atoms with Gasteiger partial charge in [-0.25, -0.2) is 4.98 Å². The molecule has 2 aromatic rings. The minimum Gasteiger partial charge on any atom is -0.493 e. The molecule has 0 aliphatic carbocycles. The first-order valence-electron chi connectivity index (χ1n) is 5.64. The van der Waals surface area contributed by atoms with Gasteiger partial charge in [-0.1, -0.05) is 0 Å². The summed E-state index contributed by atoms with van der Waals surface area (Å²) in [5.74, 6) is 1.38. The van der Waals surface area contributed by atoms with E-state index >= 15 is 0 Å². The zero-order valence-corrected chi connectivity index (χ0v) is 10.8. The summed E-state index contributed by atoms with van der Waals surface area (Å²) in [7, 11) is 5.16. The first-order chi connectivity index (χ1) is 8.71. The van der Waals surface area contributed by atoms with Crippen LogP contribution in [-0.2, 0) is 13.6 Å². The van der Waals surface area contributed by atoms with E-state index in [-0.39, 0.29) is 0 Å². The maximum Gasteiger partial charge on any atom is 0.161 e. The number of ether oxygens (including phenoxy) is 2. The number of rotatable bonds is 4. The van der Waals surface area contributed by atoms with Crippen molar-refractivity contribution in [1.82, 2.24) is 9.55 Å². The number of methoxy groups -OCH3 is 2. The molecule has 2 N–H and O–H groups in total. The molecule has 1 aromatic heterocycles. The average molecular weight is 247 g/mol.